The van der Waals surface area contributed by atoms with Crippen molar-refractivity contribution in [2.75, 3.05) is 0 Å². The van der Waals surface area contributed by atoms with Gasteiger partial charge in [-0.15, -0.1) is 12.4 Å². The van der Waals surface area contributed by atoms with Crippen LogP contribution in [0.3, 0.4) is 0 Å². The topological polar surface area (TPSA) is 110 Å². The van der Waals surface area contributed by atoms with E-state index in [9.17, 15) is 10.1 Å². The number of nitrogens with one attached hydrogen (secondary N) is 1. The van der Waals surface area contributed by atoms with Crippen molar-refractivity contribution < 1.29 is 9.13 Å². The van der Waals surface area contributed by atoms with Crippen molar-refractivity contribution in [2.45, 2.75) is 25.5 Å². The Kier molecular flexibility index (Phi) is 6.36. The van der Waals surface area contributed by atoms with Crippen LogP contribution >= 0.6 is 24.0 Å². The van der Waals surface area contributed by atoms with E-state index in [0.717, 1.165) is 18.4 Å². The van der Waals surface area contributed by atoms with Gasteiger partial charge in [-0.2, -0.15) is 10.4 Å². The van der Waals surface area contributed by atoms with Gasteiger partial charge < -0.3 is 15.5 Å². The van der Waals surface area contributed by atoms with Gasteiger partial charge in [-0.3, -0.25) is 9.48 Å². The Morgan fingerprint density at radius 2 is 2.12 bits per heavy atom. The van der Waals surface area contributed by atoms with Gasteiger partial charge >= 0.3 is 0 Å². The van der Waals surface area contributed by atoms with Crippen molar-refractivity contribution in [3.63, 3.8) is 0 Å². The molecule has 0 radical (unpaired) electrons. The lowest BCUT2D eigenvalue weighted by Crippen LogP contribution is -2.09. The Bertz CT molecular complexity index is 1520. The van der Waals surface area contributed by atoms with Gasteiger partial charge in [-0.25, -0.2) is 4.39 Å². The van der Waals surface area contributed by atoms with E-state index in [1.165, 1.54) is 10.7 Å². The van der Waals surface area contributed by atoms with Crippen molar-refractivity contribution in [1.82, 2.24) is 14.8 Å². The van der Waals surface area contributed by atoms with E-state index in [-0.39, 0.29) is 52.5 Å². The first-order chi connectivity index (χ1) is 15.9. The first-order valence-electron chi connectivity index (χ1n) is 10.4. The largest absolute Gasteiger partial charge is 0.489 e. The molecule has 34 heavy (non-hydrogen) atoms. The van der Waals surface area contributed by atoms with Crippen molar-refractivity contribution in [3.05, 3.63) is 69.0 Å². The number of H-pyrrole nitrogens is 1. The zero-order valence-corrected chi connectivity index (χ0v) is 19.6. The predicted molar refractivity (Wildman–Crippen MR) is 131 cm³/mol. The van der Waals surface area contributed by atoms with Gasteiger partial charge in [-0.05, 0) is 41.5 Å². The van der Waals surface area contributed by atoms with E-state index in [4.69, 9.17) is 22.1 Å². The summed E-state index contributed by atoms with van der Waals surface area (Å²) in [5.41, 5.74) is 8.15. The molecule has 0 spiro atoms. The molecule has 3 N–H and O–H groups in total. The molecule has 2 heterocycles. The second kappa shape index (κ2) is 9.11. The number of nitrogens with two attached hydrogens (primary N) is 1. The van der Waals surface area contributed by atoms with Crippen LogP contribution < -0.4 is 16.0 Å². The van der Waals surface area contributed by atoms with Crippen LogP contribution in [0.25, 0.3) is 33.2 Å². The van der Waals surface area contributed by atoms with Gasteiger partial charge in [0.25, 0.3) is 5.56 Å². The second-order valence-corrected chi connectivity index (χ2v) is 8.39. The monoisotopic (exact) mass is 499 g/mol. The van der Waals surface area contributed by atoms with Gasteiger partial charge in [0, 0.05) is 36.8 Å². The molecule has 0 unspecified atom stereocenters. The third-order valence-corrected chi connectivity index (χ3v) is 6.08. The molecule has 1 saturated carbocycles. The van der Waals surface area contributed by atoms with Gasteiger partial charge in [0.15, 0.2) is 5.82 Å². The number of pyridine rings is 1. The zero-order chi connectivity index (χ0) is 23.3. The summed E-state index contributed by atoms with van der Waals surface area (Å²) in [6.07, 6.45) is 4.95. The Balaban J connectivity index is 0.00000274. The SMILES string of the molecule is Cl.Cn1ncc(-c2ccc3c(=O)[nH]cc(CN)c3c2)c1-c1c(F)c(Cl)cc(OC2CC2)c1C#N. The molecule has 0 saturated heterocycles. The Hall–Kier alpha value is -3.38. The molecule has 174 valence electrons. The van der Waals surface area contributed by atoms with Gasteiger partial charge in [0.1, 0.15) is 17.4 Å². The molecule has 0 amide bonds. The van der Waals surface area contributed by atoms with E-state index >= 15 is 4.39 Å². The Morgan fingerprint density at radius 1 is 1.35 bits per heavy atom. The highest BCUT2D eigenvalue weighted by molar-refractivity contribution is 6.31. The Labute approximate surface area is 205 Å². The number of nitriles is 1. The fourth-order valence-corrected chi connectivity index (χ4v) is 4.19. The lowest BCUT2D eigenvalue weighted by atomic mass is 9.95. The quantitative estimate of drug-likeness (QED) is 0.414. The molecule has 0 atom stereocenters. The van der Waals surface area contributed by atoms with E-state index in [0.29, 0.717) is 27.6 Å². The average Bonchev–Trinajstić information content (AvgIpc) is 3.55. The number of halogens is 3. The van der Waals surface area contributed by atoms with Crippen LogP contribution in [0, 0.1) is 17.1 Å². The molecule has 5 rings (SSSR count). The molecule has 2 aromatic heterocycles. The third kappa shape index (κ3) is 3.92. The number of aryl methyl sites for hydroxylation is 1. The molecule has 1 fully saturated rings. The molecule has 7 nitrogen and oxygen atoms in total. The number of rotatable bonds is 5. The summed E-state index contributed by atoms with van der Waals surface area (Å²) < 4.78 is 22.8. The molecule has 10 heteroatoms. The highest BCUT2D eigenvalue weighted by atomic mass is 35.5. The molecule has 4 aromatic rings. The van der Waals surface area contributed by atoms with E-state index in [1.54, 1.807) is 31.6 Å². The van der Waals surface area contributed by atoms with Gasteiger partial charge in [0.05, 0.1) is 28.6 Å². The Morgan fingerprint density at radius 3 is 2.79 bits per heavy atom. The van der Waals surface area contributed by atoms with Crippen molar-refractivity contribution in [1.29, 1.82) is 5.26 Å². The fraction of sp³-hybridized carbons (Fsp3) is 0.208. The van der Waals surface area contributed by atoms with Crippen LogP contribution in [-0.2, 0) is 13.6 Å². The van der Waals surface area contributed by atoms with Gasteiger partial charge in [0.2, 0.25) is 0 Å². The van der Waals surface area contributed by atoms with E-state index in [1.807, 2.05) is 6.07 Å². The lowest BCUT2D eigenvalue weighted by Gasteiger charge is -2.15. The first-order valence-corrected chi connectivity index (χ1v) is 10.8. The number of hydrogen-bond acceptors (Lipinski definition) is 5. The van der Waals surface area contributed by atoms with Crippen LogP contribution in [0.1, 0.15) is 24.0 Å². The number of hydrogen-bond donors (Lipinski definition) is 2. The van der Waals surface area contributed by atoms with Crippen LogP contribution in [0.15, 0.2) is 41.5 Å². The van der Waals surface area contributed by atoms with Crippen molar-refractivity contribution in [2.24, 2.45) is 12.8 Å². The highest BCUT2D eigenvalue weighted by Gasteiger charge is 2.29. The van der Waals surface area contributed by atoms with E-state index in [2.05, 4.69) is 16.2 Å². The van der Waals surface area contributed by atoms with Crippen molar-refractivity contribution >= 4 is 34.8 Å². The molecular weight excluding hydrogens is 480 g/mol. The first kappa shape index (κ1) is 23.8. The molecule has 2 aromatic carbocycles. The zero-order valence-electron chi connectivity index (χ0n) is 18.1. The van der Waals surface area contributed by atoms with Crippen LogP contribution in [-0.4, -0.2) is 20.9 Å². The van der Waals surface area contributed by atoms with Gasteiger partial charge in [-0.1, -0.05) is 17.7 Å². The normalized spacial score (nSPS) is 12.9. The fourth-order valence-electron chi connectivity index (χ4n) is 3.99. The summed E-state index contributed by atoms with van der Waals surface area (Å²) in [6.45, 7) is 0.236. The summed E-state index contributed by atoms with van der Waals surface area (Å²) in [4.78, 5) is 14.9. The lowest BCUT2D eigenvalue weighted by molar-refractivity contribution is 0.302. The van der Waals surface area contributed by atoms with Crippen LogP contribution in [0.2, 0.25) is 5.02 Å². The molecule has 1 aliphatic rings. The number of nitrogens with zero attached hydrogens (tertiary/aromatic N) is 3. The minimum atomic E-state index is -0.721. The maximum absolute atomic E-state index is 15.4. The number of aromatic amines is 1. The van der Waals surface area contributed by atoms with Crippen molar-refractivity contribution in [3.8, 4) is 34.2 Å². The minimum absolute atomic E-state index is 0. The summed E-state index contributed by atoms with van der Waals surface area (Å²) in [6, 6.07) is 8.71. The number of fused-ring (bicyclic) bond motifs is 1. The van der Waals surface area contributed by atoms with E-state index < -0.39 is 5.82 Å². The number of aromatic nitrogens is 3. The smallest absolute Gasteiger partial charge is 0.255 e. The maximum Gasteiger partial charge on any atom is 0.255 e. The molecule has 1 aliphatic carbocycles. The summed E-state index contributed by atoms with van der Waals surface area (Å²) >= 11 is 6.21. The summed E-state index contributed by atoms with van der Waals surface area (Å²) in [7, 11) is 1.67. The maximum atomic E-state index is 15.4. The highest BCUT2D eigenvalue weighted by Crippen LogP contribution is 2.43. The molecule has 0 aliphatic heterocycles. The average molecular weight is 500 g/mol. The molecular formula is C24H20Cl2FN5O2. The third-order valence-electron chi connectivity index (χ3n) is 5.81. The van der Waals surface area contributed by atoms with Crippen LogP contribution in [0.4, 0.5) is 4.39 Å². The summed E-state index contributed by atoms with van der Waals surface area (Å²) in [5, 5.41) is 15.3. The number of ether oxygens (including phenoxy) is 1. The minimum Gasteiger partial charge on any atom is -0.489 e. The number of benzene rings is 2. The molecule has 0 bridgehead atoms. The standard InChI is InChI=1S/C24H19ClFN5O2.ClH/c1-31-23(21-17(9-28)20(33-14-3-4-14)7-19(25)22(21)26)18(11-30-31)12-2-5-15-16(6-12)13(8-27)10-29-24(15)32;/h2,5-7,10-11,14H,3-4,8,27H2,1H3,(H,29,32);1H. The second-order valence-electron chi connectivity index (χ2n) is 7.99. The predicted octanol–water partition coefficient (Wildman–Crippen LogP) is 4.68. The summed E-state index contributed by atoms with van der Waals surface area (Å²) in [5.74, 6) is -0.467. The van der Waals surface area contributed by atoms with Crippen LogP contribution in [0.5, 0.6) is 5.75 Å².